The van der Waals surface area contributed by atoms with Crippen LogP contribution in [0.1, 0.15) is 17.3 Å². The van der Waals surface area contributed by atoms with Crippen LogP contribution >= 0.6 is 11.8 Å². The van der Waals surface area contributed by atoms with Gasteiger partial charge in [0.05, 0.1) is 12.9 Å². The van der Waals surface area contributed by atoms with Crippen molar-refractivity contribution < 1.29 is 19.1 Å². The molecule has 0 aliphatic heterocycles. The van der Waals surface area contributed by atoms with Crippen LogP contribution in [0.2, 0.25) is 0 Å². The number of fused-ring (bicyclic) bond motifs is 1. The third-order valence-corrected chi connectivity index (χ3v) is 5.10. The van der Waals surface area contributed by atoms with Crippen LogP contribution < -0.4 is 4.74 Å². The number of benzene rings is 3. The Kier molecular flexibility index (Phi) is 6.14. The van der Waals surface area contributed by atoms with E-state index in [0.29, 0.717) is 11.3 Å². The maximum absolute atomic E-state index is 12.4. The van der Waals surface area contributed by atoms with E-state index in [1.165, 1.54) is 11.8 Å². The van der Waals surface area contributed by atoms with Gasteiger partial charge in [-0.15, -0.1) is 11.8 Å². The second kappa shape index (κ2) is 8.73. The quantitative estimate of drug-likeness (QED) is 0.336. The van der Waals surface area contributed by atoms with Crippen LogP contribution in [0.5, 0.6) is 5.75 Å². The molecule has 0 aliphatic carbocycles. The van der Waals surface area contributed by atoms with E-state index in [1.54, 1.807) is 38.3 Å². The molecule has 0 N–H and O–H groups in total. The van der Waals surface area contributed by atoms with Crippen molar-refractivity contribution in [2.24, 2.45) is 0 Å². The summed E-state index contributed by atoms with van der Waals surface area (Å²) in [6, 6.07) is 20.8. The van der Waals surface area contributed by atoms with Gasteiger partial charge in [-0.3, -0.25) is 9.59 Å². The largest absolute Gasteiger partial charge is 0.497 e. The highest BCUT2D eigenvalue weighted by Crippen LogP contribution is 2.24. The Balaban J connectivity index is 1.55. The number of ether oxygens (including phenoxy) is 2. The number of esters is 1. The minimum Gasteiger partial charge on any atom is -0.497 e. The van der Waals surface area contributed by atoms with Crippen LogP contribution in [0.25, 0.3) is 10.8 Å². The molecule has 0 spiro atoms. The Bertz CT molecular complexity index is 950. The number of methoxy groups -OCH3 is 1. The molecule has 4 nitrogen and oxygen atoms in total. The summed E-state index contributed by atoms with van der Waals surface area (Å²) >= 11 is 1.40. The Morgan fingerprint density at radius 3 is 2.37 bits per heavy atom. The first-order chi connectivity index (χ1) is 13.1. The Labute approximate surface area is 162 Å². The average Bonchev–Trinajstić information content (AvgIpc) is 2.71. The second-order valence-electron chi connectivity index (χ2n) is 6.02. The molecule has 0 unspecified atom stereocenters. The van der Waals surface area contributed by atoms with E-state index < -0.39 is 12.1 Å². The Morgan fingerprint density at radius 2 is 1.67 bits per heavy atom. The maximum Gasteiger partial charge on any atom is 0.316 e. The topological polar surface area (TPSA) is 52.6 Å². The minimum atomic E-state index is -0.830. The third kappa shape index (κ3) is 4.89. The average molecular weight is 380 g/mol. The van der Waals surface area contributed by atoms with Crippen molar-refractivity contribution >= 4 is 34.3 Å². The molecule has 0 fully saturated rings. The van der Waals surface area contributed by atoms with Crippen molar-refractivity contribution in [3.63, 3.8) is 0 Å². The van der Waals surface area contributed by atoms with Gasteiger partial charge in [0.1, 0.15) is 5.75 Å². The molecule has 0 amide bonds. The number of carbonyl (C=O) groups excluding carboxylic acids is 2. The molecule has 27 heavy (non-hydrogen) atoms. The molecule has 0 aliphatic rings. The fourth-order valence-electron chi connectivity index (χ4n) is 2.67. The smallest absolute Gasteiger partial charge is 0.316 e. The zero-order chi connectivity index (χ0) is 19.2. The third-order valence-electron chi connectivity index (χ3n) is 4.13. The molecule has 0 saturated heterocycles. The van der Waals surface area contributed by atoms with Crippen LogP contribution in [0, 0.1) is 0 Å². The molecule has 5 heteroatoms. The van der Waals surface area contributed by atoms with Gasteiger partial charge in [0.2, 0.25) is 5.78 Å². The normalized spacial score (nSPS) is 11.8. The van der Waals surface area contributed by atoms with Gasteiger partial charge in [-0.2, -0.15) is 0 Å². The number of rotatable bonds is 7. The highest BCUT2D eigenvalue weighted by molar-refractivity contribution is 8.00. The van der Waals surface area contributed by atoms with E-state index in [4.69, 9.17) is 9.47 Å². The number of thioether (sulfide) groups is 1. The summed E-state index contributed by atoms with van der Waals surface area (Å²) in [6.07, 6.45) is -0.830. The predicted molar refractivity (Wildman–Crippen MR) is 108 cm³/mol. The number of Topliss-reactive ketones (excluding diaryl/α,β-unsaturated/α-hetero) is 1. The molecule has 0 saturated carbocycles. The van der Waals surface area contributed by atoms with Gasteiger partial charge in [-0.1, -0.05) is 30.3 Å². The molecular weight excluding hydrogens is 360 g/mol. The lowest BCUT2D eigenvalue weighted by atomic mass is 10.1. The number of ketones is 1. The molecule has 138 valence electrons. The molecule has 0 bridgehead atoms. The van der Waals surface area contributed by atoms with Crippen LogP contribution in [0.3, 0.4) is 0 Å². The van der Waals surface area contributed by atoms with Crippen molar-refractivity contribution in [3.8, 4) is 5.75 Å². The summed E-state index contributed by atoms with van der Waals surface area (Å²) in [7, 11) is 1.56. The predicted octanol–water partition coefficient (Wildman–Crippen LogP) is 4.76. The summed E-state index contributed by atoms with van der Waals surface area (Å²) in [5.74, 6) is 0.172. The molecule has 0 heterocycles. The van der Waals surface area contributed by atoms with Crippen molar-refractivity contribution in [3.05, 3.63) is 72.3 Å². The SMILES string of the molecule is COc1ccc(C(=O)[C@H](C)OC(=O)CSc2ccc3ccccc3c2)cc1. The van der Waals surface area contributed by atoms with Gasteiger partial charge in [-0.25, -0.2) is 0 Å². The van der Waals surface area contributed by atoms with Gasteiger partial charge in [0.15, 0.2) is 6.10 Å². The minimum absolute atomic E-state index is 0.151. The first-order valence-electron chi connectivity index (χ1n) is 8.56. The lowest BCUT2D eigenvalue weighted by molar-refractivity contribution is -0.143. The zero-order valence-electron chi connectivity index (χ0n) is 15.2. The van der Waals surface area contributed by atoms with E-state index in [-0.39, 0.29) is 11.5 Å². The molecule has 1 atom stereocenters. The maximum atomic E-state index is 12.4. The van der Waals surface area contributed by atoms with Crippen LogP contribution in [0.4, 0.5) is 0 Å². The summed E-state index contributed by atoms with van der Waals surface area (Å²) in [4.78, 5) is 25.5. The van der Waals surface area contributed by atoms with Crippen molar-refractivity contribution in [2.75, 3.05) is 12.9 Å². The van der Waals surface area contributed by atoms with Gasteiger partial charge in [0, 0.05) is 10.5 Å². The Morgan fingerprint density at radius 1 is 0.963 bits per heavy atom. The molecule has 0 radical (unpaired) electrons. The summed E-state index contributed by atoms with van der Waals surface area (Å²) < 4.78 is 10.4. The van der Waals surface area contributed by atoms with E-state index in [2.05, 4.69) is 0 Å². The standard InChI is InChI=1S/C22H20O4S/c1-15(22(24)17-7-10-19(25-2)11-8-17)26-21(23)14-27-20-12-9-16-5-3-4-6-18(16)13-20/h3-13,15H,14H2,1-2H3/t15-/m0/s1. The van der Waals surface area contributed by atoms with E-state index >= 15 is 0 Å². The van der Waals surface area contributed by atoms with Crippen molar-refractivity contribution in [1.29, 1.82) is 0 Å². The summed E-state index contributed by atoms with van der Waals surface area (Å²) in [5, 5.41) is 2.28. The zero-order valence-corrected chi connectivity index (χ0v) is 16.0. The Hall–Kier alpha value is -2.79. The van der Waals surface area contributed by atoms with Gasteiger partial charge in [-0.05, 0) is 54.1 Å². The lowest BCUT2D eigenvalue weighted by Gasteiger charge is -2.12. The number of carbonyl (C=O) groups is 2. The van der Waals surface area contributed by atoms with Crippen molar-refractivity contribution in [1.82, 2.24) is 0 Å². The van der Waals surface area contributed by atoms with Gasteiger partial charge in [0.25, 0.3) is 0 Å². The summed E-state index contributed by atoms with van der Waals surface area (Å²) in [5.41, 5.74) is 0.485. The van der Waals surface area contributed by atoms with Crippen LogP contribution in [0.15, 0.2) is 71.6 Å². The van der Waals surface area contributed by atoms with Gasteiger partial charge >= 0.3 is 5.97 Å². The van der Waals surface area contributed by atoms with E-state index in [1.807, 2.05) is 42.5 Å². The van der Waals surface area contributed by atoms with Crippen molar-refractivity contribution in [2.45, 2.75) is 17.9 Å². The number of hydrogen-bond acceptors (Lipinski definition) is 5. The molecule has 3 rings (SSSR count). The van der Waals surface area contributed by atoms with Crippen LogP contribution in [-0.4, -0.2) is 30.7 Å². The molecule has 0 aromatic heterocycles. The van der Waals surface area contributed by atoms with Gasteiger partial charge < -0.3 is 9.47 Å². The molecular formula is C22H20O4S. The molecule has 3 aromatic carbocycles. The highest BCUT2D eigenvalue weighted by atomic mass is 32.2. The monoisotopic (exact) mass is 380 g/mol. The first-order valence-corrected chi connectivity index (χ1v) is 9.55. The first kappa shape index (κ1) is 19.0. The fraction of sp³-hybridized carbons (Fsp3) is 0.182. The molecule has 3 aromatic rings. The number of hydrogen-bond donors (Lipinski definition) is 0. The highest BCUT2D eigenvalue weighted by Gasteiger charge is 2.19. The fourth-order valence-corrected chi connectivity index (χ4v) is 3.40. The van der Waals surface area contributed by atoms with E-state index in [0.717, 1.165) is 15.7 Å². The lowest BCUT2D eigenvalue weighted by Crippen LogP contribution is -2.25. The van der Waals surface area contributed by atoms with Crippen LogP contribution in [-0.2, 0) is 9.53 Å². The van der Waals surface area contributed by atoms with E-state index in [9.17, 15) is 9.59 Å². The second-order valence-corrected chi connectivity index (χ2v) is 7.07. The summed E-state index contributed by atoms with van der Waals surface area (Å²) in [6.45, 7) is 1.59.